The van der Waals surface area contributed by atoms with Crippen molar-refractivity contribution in [3.05, 3.63) is 18.2 Å². The number of carbonyl (C=O) groups is 2. The molecule has 0 bridgehead atoms. The number of hydrogen-bond donors (Lipinski definition) is 1. The van der Waals surface area contributed by atoms with Crippen LogP contribution in [0.15, 0.2) is 18.2 Å². The van der Waals surface area contributed by atoms with Gasteiger partial charge in [-0.25, -0.2) is 0 Å². The Hall–Kier alpha value is -2.28. The summed E-state index contributed by atoms with van der Waals surface area (Å²) in [4.78, 5) is 27.4. The number of carbonyl (C=O) groups excluding carboxylic acids is 2. The average molecular weight is 335 g/mol. The first-order valence-corrected chi connectivity index (χ1v) is 8.06. The minimum atomic E-state index is -0.118. The van der Waals surface area contributed by atoms with Crippen molar-refractivity contribution in [1.82, 2.24) is 10.2 Å². The number of benzene rings is 1. The van der Waals surface area contributed by atoms with Gasteiger partial charge in [0.15, 0.2) is 11.5 Å². The highest BCUT2D eigenvalue weighted by molar-refractivity contribution is 5.92. The van der Waals surface area contributed by atoms with Gasteiger partial charge in [-0.2, -0.15) is 0 Å². The molecule has 0 fully saturated rings. The average Bonchev–Trinajstić information content (AvgIpc) is 2.54. The van der Waals surface area contributed by atoms with Gasteiger partial charge in [-0.3, -0.25) is 9.59 Å². The maximum atomic E-state index is 11.9. The van der Waals surface area contributed by atoms with E-state index in [9.17, 15) is 9.59 Å². The normalized spacial score (nSPS) is 12.8. The summed E-state index contributed by atoms with van der Waals surface area (Å²) >= 11 is 0. The van der Waals surface area contributed by atoms with Crippen LogP contribution in [-0.2, 0) is 9.59 Å². The predicted molar refractivity (Wildman–Crippen MR) is 91.6 cm³/mol. The molecule has 0 atom stereocenters. The largest absolute Gasteiger partial charge is 0.486 e. The van der Waals surface area contributed by atoms with E-state index in [1.165, 1.54) is 6.92 Å². The molecule has 1 aromatic rings. The maximum absolute atomic E-state index is 11.9. The number of rotatable bonds is 7. The maximum Gasteiger partial charge on any atom is 0.223 e. The van der Waals surface area contributed by atoms with Crippen LogP contribution < -0.4 is 19.7 Å². The number of hydrogen-bond acceptors (Lipinski definition) is 5. The van der Waals surface area contributed by atoms with Crippen molar-refractivity contribution < 1.29 is 19.1 Å². The van der Waals surface area contributed by atoms with Gasteiger partial charge in [0.1, 0.15) is 13.2 Å². The highest BCUT2D eigenvalue weighted by atomic mass is 16.6. The summed E-state index contributed by atoms with van der Waals surface area (Å²) in [6.45, 7) is 4.20. The minimum absolute atomic E-state index is 0.0688. The molecule has 0 aromatic heterocycles. The van der Waals surface area contributed by atoms with Gasteiger partial charge >= 0.3 is 0 Å². The molecular weight excluding hydrogens is 310 g/mol. The molecule has 1 aliphatic rings. The minimum Gasteiger partial charge on any atom is -0.486 e. The predicted octanol–water partition coefficient (Wildman–Crippen LogP) is 0.879. The molecule has 132 valence electrons. The van der Waals surface area contributed by atoms with Crippen molar-refractivity contribution in [2.24, 2.45) is 0 Å². The zero-order chi connectivity index (χ0) is 17.5. The van der Waals surface area contributed by atoms with Crippen molar-refractivity contribution in [3.8, 4) is 11.5 Å². The Morgan fingerprint density at radius 3 is 2.50 bits per heavy atom. The van der Waals surface area contributed by atoms with Crippen molar-refractivity contribution in [2.75, 3.05) is 51.8 Å². The van der Waals surface area contributed by atoms with E-state index in [4.69, 9.17) is 9.47 Å². The molecule has 24 heavy (non-hydrogen) atoms. The fraction of sp³-hybridized carbons (Fsp3) is 0.529. The standard InChI is InChI=1S/C17H25N3O4/c1-13(21)20(8-6-17(22)18-7-9-19(2)3)14-4-5-15-16(12-14)24-11-10-23-15/h4-5,12H,6-11H2,1-3H3,(H,18,22). The molecule has 1 N–H and O–H groups in total. The van der Waals surface area contributed by atoms with E-state index in [1.54, 1.807) is 23.1 Å². The highest BCUT2D eigenvalue weighted by Crippen LogP contribution is 2.34. The van der Waals surface area contributed by atoms with Crippen LogP contribution >= 0.6 is 0 Å². The third-order valence-electron chi connectivity index (χ3n) is 3.66. The Bertz CT molecular complexity index is 589. The molecule has 0 saturated carbocycles. The summed E-state index contributed by atoms with van der Waals surface area (Å²) in [7, 11) is 3.90. The molecule has 0 spiro atoms. The van der Waals surface area contributed by atoms with Crippen LogP contribution in [0.1, 0.15) is 13.3 Å². The summed E-state index contributed by atoms with van der Waals surface area (Å²) in [6, 6.07) is 5.37. The molecule has 7 nitrogen and oxygen atoms in total. The second-order valence-electron chi connectivity index (χ2n) is 5.90. The van der Waals surface area contributed by atoms with Crippen LogP contribution in [0, 0.1) is 0 Å². The van der Waals surface area contributed by atoms with Crippen LogP contribution in [0.3, 0.4) is 0 Å². The van der Waals surface area contributed by atoms with E-state index in [1.807, 2.05) is 19.0 Å². The summed E-state index contributed by atoms with van der Waals surface area (Å²) in [5.74, 6) is 1.11. The smallest absolute Gasteiger partial charge is 0.223 e. The zero-order valence-corrected chi connectivity index (χ0v) is 14.5. The van der Waals surface area contributed by atoms with E-state index < -0.39 is 0 Å². The fourth-order valence-electron chi connectivity index (χ4n) is 2.39. The fourth-order valence-corrected chi connectivity index (χ4v) is 2.39. The first-order valence-electron chi connectivity index (χ1n) is 8.06. The Labute approximate surface area is 142 Å². The molecule has 2 amide bonds. The number of fused-ring (bicyclic) bond motifs is 1. The first kappa shape index (κ1) is 18.1. The van der Waals surface area contributed by atoms with Gasteiger partial charge in [0.25, 0.3) is 0 Å². The number of nitrogens with one attached hydrogen (secondary N) is 1. The van der Waals surface area contributed by atoms with Crippen LogP contribution in [0.25, 0.3) is 0 Å². The third kappa shape index (κ3) is 5.13. The van der Waals surface area contributed by atoms with Gasteiger partial charge in [-0.1, -0.05) is 0 Å². The summed E-state index contributed by atoms with van der Waals surface area (Å²) in [5, 5.41) is 2.85. The molecule has 0 radical (unpaired) electrons. The molecule has 7 heteroatoms. The van der Waals surface area contributed by atoms with E-state index in [0.29, 0.717) is 43.5 Å². The molecule has 1 aromatic carbocycles. The third-order valence-corrected chi connectivity index (χ3v) is 3.66. The number of nitrogens with zero attached hydrogens (tertiary/aromatic N) is 2. The SMILES string of the molecule is CC(=O)N(CCC(=O)NCCN(C)C)c1ccc2c(c1)OCCO2. The highest BCUT2D eigenvalue weighted by Gasteiger charge is 2.18. The van der Waals surface area contributed by atoms with Gasteiger partial charge < -0.3 is 24.6 Å². The number of ether oxygens (including phenoxy) is 2. The van der Waals surface area contributed by atoms with Gasteiger partial charge in [0.05, 0.1) is 0 Å². The zero-order valence-electron chi connectivity index (χ0n) is 14.5. The number of anilines is 1. The van der Waals surface area contributed by atoms with E-state index in [0.717, 1.165) is 6.54 Å². The topological polar surface area (TPSA) is 71.1 Å². The van der Waals surface area contributed by atoms with Crippen molar-refractivity contribution in [2.45, 2.75) is 13.3 Å². The second-order valence-corrected chi connectivity index (χ2v) is 5.90. The van der Waals surface area contributed by atoms with Gasteiger partial charge in [-0.15, -0.1) is 0 Å². The summed E-state index contributed by atoms with van der Waals surface area (Å²) < 4.78 is 11.0. The van der Waals surface area contributed by atoms with Crippen LogP contribution in [0.2, 0.25) is 0 Å². The van der Waals surface area contributed by atoms with Crippen LogP contribution in [-0.4, -0.2) is 63.7 Å². The Kier molecular flexibility index (Phi) is 6.43. The van der Waals surface area contributed by atoms with E-state index >= 15 is 0 Å². The number of amides is 2. The van der Waals surface area contributed by atoms with Crippen molar-refractivity contribution in [3.63, 3.8) is 0 Å². The lowest BCUT2D eigenvalue weighted by Gasteiger charge is -2.24. The van der Waals surface area contributed by atoms with Gasteiger partial charge in [0, 0.05) is 44.7 Å². The molecule has 1 heterocycles. The molecule has 0 saturated heterocycles. The second kappa shape index (κ2) is 8.54. The Morgan fingerprint density at radius 1 is 1.12 bits per heavy atom. The molecule has 0 unspecified atom stereocenters. The van der Waals surface area contributed by atoms with E-state index in [-0.39, 0.29) is 18.2 Å². The van der Waals surface area contributed by atoms with Crippen molar-refractivity contribution in [1.29, 1.82) is 0 Å². The van der Waals surface area contributed by atoms with Crippen LogP contribution in [0.4, 0.5) is 5.69 Å². The molecule has 2 rings (SSSR count). The monoisotopic (exact) mass is 335 g/mol. The molecular formula is C17H25N3O4. The van der Waals surface area contributed by atoms with E-state index in [2.05, 4.69) is 5.32 Å². The lowest BCUT2D eigenvalue weighted by atomic mass is 10.2. The molecule has 1 aliphatic heterocycles. The lowest BCUT2D eigenvalue weighted by Crippen LogP contribution is -2.36. The lowest BCUT2D eigenvalue weighted by molar-refractivity contribution is -0.121. The van der Waals surface area contributed by atoms with Crippen LogP contribution in [0.5, 0.6) is 11.5 Å². The summed E-state index contributed by atoms with van der Waals surface area (Å²) in [6.07, 6.45) is 0.251. The van der Waals surface area contributed by atoms with Gasteiger partial charge in [-0.05, 0) is 26.2 Å². The Balaban J connectivity index is 1.94. The van der Waals surface area contributed by atoms with Crippen molar-refractivity contribution >= 4 is 17.5 Å². The Morgan fingerprint density at radius 2 is 1.83 bits per heavy atom. The first-order chi connectivity index (χ1) is 11.5. The summed E-state index contributed by atoms with van der Waals surface area (Å²) in [5.41, 5.74) is 0.702. The van der Waals surface area contributed by atoms with Gasteiger partial charge in [0.2, 0.25) is 11.8 Å². The quantitative estimate of drug-likeness (QED) is 0.801. The number of likely N-dealkylation sites (N-methyl/N-ethyl adjacent to an activating group) is 1. The molecule has 0 aliphatic carbocycles.